The number of sulfonamides is 1. The van der Waals surface area contributed by atoms with E-state index in [1.807, 2.05) is 42.5 Å². The highest BCUT2D eigenvalue weighted by Gasteiger charge is 2.42. The molecule has 1 saturated heterocycles. The molecule has 11 heteroatoms. The maximum absolute atomic E-state index is 13.2. The van der Waals surface area contributed by atoms with Crippen LogP contribution in [0.25, 0.3) is 10.9 Å². The van der Waals surface area contributed by atoms with Crippen molar-refractivity contribution in [3.8, 4) is 5.75 Å². The van der Waals surface area contributed by atoms with Gasteiger partial charge in [-0.1, -0.05) is 42.5 Å². The molecule has 10 nitrogen and oxygen atoms in total. The van der Waals surface area contributed by atoms with Gasteiger partial charge in [0.05, 0.1) is 22.2 Å². The summed E-state index contributed by atoms with van der Waals surface area (Å²) in [6, 6.07) is 24.5. The molecule has 0 bridgehead atoms. The van der Waals surface area contributed by atoms with Crippen LogP contribution in [0.5, 0.6) is 5.75 Å². The number of anilines is 1. The third kappa shape index (κ3) is 5.81. The van der Waals surface area contributed by atoms with E-state index in [1.165, 1.54) is 16.4 Å². The van der Waals surface area contributed by atoms with Gasteiger partial charge in [-0.2, -0.15) is 4.31 Å². The van der Waals surface area contributed by atoms with E-state index in [0.717, 1.165) is 22.2 Å². The molecule has 4 aromatic rings. The zero-order valence-electron chi connectivity index (χ0n) is 21.4. The second-order valence-electron chi connectivity index (χ2n) is 9.45. The fourth-order valence-electron chi connectivity index (χ4n) is 4.82. The summed E-state index contributed by atoms with van der Waals surface area (Å²) in [5, 5.41) is 13.0. The van der Waals surface area contributed by atoms with Crippen LogP contribution >= 0.6 is 0 Å². The Morgan fingerprint density at radius 1 is 0.925 bits per heavy atom. The van der Waals surface area contributed by atoms with Crippen molar-refractivity contribution >= 4 is 38.4 Å². The number of pyridine rings is 1. The Labute approximate surface area is 231 Å². The van der Waals surface area contributed by atoms with Crippen molar-refractivity contribution in [2.75, 3.05) is 18.4 Å². The molecule has 2 heterocycles. The number of ether oxygens (including phenoxy) is 1. The number of nitrogens with one attached hydrogen (secondary N) is 2. The number of hydrogen-bond acceptors (Lipinski definition) is 7. The molecule has 3 N–H and O–H groups in total. The Kier molecular flexibility index (Phi) is 8.06. The van der Waals surface area contributed by atoms with Crippen molar-refractivity contribution in [1.82, 2.24) is 14.8 Å². The molecule has 0 spiro atoms. The Balaban J connectivity index is 1.23. The van der Waals surface area contributed by atoms with E-state index in [0.29, 0.717) is 12.3 Å². The number of aromatic nitrogens is 1. The van der Waals surface area contributed by atoms with Crippen LogP contribution in [0.15, 0.2) is 96.0 Å². The van der Waals surface area contributed by atoms with Gasteiger partial charge < -0.3 is 10.1 Å². The second-order valence-corrected chi connectivity index (χ2v) is 11.4. The number of carbonyl (C=O) groups excluding carboxylic acids is 2. The largest absolute Gasteiger partial charge is 0.488 e. The van der Waals surface area contributed by atoms with Gasteiger partial charge >= 0.3 is 0 Å². The van der Waals surface area contributed by atoms with E-state index in [9.17, 15) is 23.2 Å². The monoisotopic (exact) mass is 560 g/mol. The van der Waals surface area contributed by atoms with Crippen LogP contribution in [-0.4, -0.2) is 47.8 Å². The van der Waals surface area contributed by atoms with Crippen LogP contribution < -0.4 is 15.5 Å². The molecule has 0 saturated carbocycles. The van der Waals surface area contributed by atoms with Gasteiger partial charge in [0.25, 0.3) is 0 Å². The Bertz CT molecular complexity index is 1610. The lowest BCUT2D eigenvalue weighted by molar-refractivity contribution is -0.140. The highest BCUT2D eigenvalue weighted by atomic mass is 32.2. The van der Waals surface area contributed by atoms with E-state index in [2.05, 4.69) is 10.3 Å². The van der Waals surface area contributed by atoms with Gasteiger partial charge in [-0.3, -0.25) is 19.8 Å². The number of hydrogen-bond donors (Lipinski definition) is 3. The highest BCUT2D eigenvalue weighted by molar-refractivity contribution is 7.89. The first-order chi connectivity index (χ1) is 19.4. The maximum atomic E-state index is 13.2. The molecule has 1 aromatic heterocycles. The average Bonchev–Trinajstić information content (AvgIpc) is 3.00. The maximum Gasteiger partial charge on any atom is 0.248 e. The molecular formula is C29H28N4O6S. The normalized spacial score (nSPS) is 17.7. The lowest BCUT2D eigenvalue weighted by Crippen LogP contribution is -2.51. The fraction of sp³-hybridized carbons (Fsp3) is 0.207. The summed E-state index contributed by atoms with van der Waals surface area (Å²) in [6.45, 7) is 0.140. The first kappa shape index (κ1) is 27.3. The topological polar surface area (TPSA) is 138 Å². The van der Waals surface area contributed by atoms with Crippen LogP contribution in [0.1, 0.15) is 12.0 Å². The Hall–Kier alpha value is -4.32. The second kappa shape index (κ2) is 11.8. The van der Waals surface area contributed by atoms with Gasteiger partial charge in [0.15, 0.2) is 0 Å². The average molecular weight is 561 g/mol. The van der Waals surface area contributed by atoms with E-state index in [4.69, 9.17) is 4.74 Å². The predicted octanol–water partition coefficient (Wildman–Crippen LogP) is 3.58. The number of benzene rings is 3. The summed E-state index contributed by atoms with van der Waals surface area (Å²) >= 11 is 0. The summed E-state index contributed by atoms with van der Waals surface area (Å²) in [5.41, 5.74) is 3.83. The molecule has 5 rings (SSSR count). The number of carbonyl (C=O) groups is 2. The summed E-state index contributed by atoms with van der Waals surface area (Å²) < 4.78 is 33.3. The number of hydroxylamine groups is 1. The summed E-state index contributed by atoms with van der Waals surface area (Å²) in [5.74, 6) is -2.43. The van der Waals surface area contributed by atoms with Crippen LogP contribution in [-0.2, 0) is 26.2 Å². The van der Waals surface area contributed by atoms with Gasteiger partial charge in [-0.15, -0.1) is 0 Å². The lowest BCUT2D eigenvalue weighted by Gasteiger charge is -2.35. The molecule has 206 valence electrons. The number of amides is 2. The molecule has 1 aliphatic rings. The molecule has 2 atom stereocenters. The minimum atomic E-state index is -3.86. The number of para-hydroxylation sites is 1. The Morgan fingerprint density at radius 3 is 2.40 bits per heavy atom. The number of rotatable bonds is 8. The smallest absolute Gasteiger partial charge is 0.248 e. The fourth-order valence-corrected chi connectivity index (χ4v) is 6.32. The third-order valence-corrected chi connectivity index (χ3v) is 8.84. The molecule has 1 fully saturated rings. The molecule has 0 aliphatic carbocycles. The van der Waals surface area contributed by atoms with Crippen molar-refractivity contribution in [3.63, 3.8) is 0 Å². The van der Waals surface area contributed by atoms with Gasteiger partial charge in [0.2, 0.25) is 21.8 Å². The molecular weight excluding hydrogens is 532 g/mol. The third-order valence-electron chi connectivity index (χ3n) is 6.97. The molecule has 40 heavy (non-hydrogen) atoms. The van der Waals surface area contributed by atoms with Gasteiger partial charge in [-0.05, 0) is 54.4 Å². The van der Waals surface area contributed by atoms with Crippen molar-refractivity contribution in [2.24, 2.45) is 11.8 Å². The van der Waals surface area contributed by atoms with Gasteiger partial charge in [-0.25, -0.2) is 13.9 Å². The molecule has 0 radical (unpaired) electrons. The van der Waals surface area contributed by atoms with Gasteiger partial charge in [0.1, 0.15) is 12.4 Å². The highest BCUT2D eigenvalue weighted by Crippen LogP contribution is 2.30. The standard InChI is InChI=1S/C29H28N4O6S/c34-28(23-15-17-33(18-25(23)29(35)32-36)40(37,38)22-6-2-1-3-7-22)31-21-12-10-20(11-13-21)19-39-27-14-16-30-26-9-5-4-8-24(26)27/h1-14,16,23,25,36H,15,17-19H2,(H,31,34)(H,32,35)/t23-,25-/m0/s1. The van der Waals surface area contributed by atoms with Crippen LogP contribution in [0.2, 0.25) is 0 Å². The molecule has 2 amide bonds. The van der Waals surface area contributed by atoms with Crippen molar-refractivity contribution < 1.29 is 28.0 Å². The van der Waals surface area contributed by atoms with Crippen LogP contribution in [0, 0.1) is 11.8 Å². The van der Waals surface area contributed by atoms with Crippen molar-refractivity contribution in [2.45, 2.75) is 17.9 Å². The van der Waals surface area contributed by atoms with Gasteiger partial charge in [0, 0.05) is 30.4 Å². The number of fused-ring (bicyclic) bond motifs is 1. The zero-order valence-corrected chi connectivity index (χ0v) is 22.3. The van der Waals surface area contributed by atoms with Crippen LogP contribution in [0.3, 0.4) is 0 Å². The summed E-state index contributed by atoms with van der Waals surface area (Å²) in [7, 11) is -3.86. The van der Waals surface area contributed by atoms with E-state index in [-0.39, 0.29) is 24.4 Å². The summed E-state index contributed by atoms with van der Waals surface area (Å²) in [6.07, 6.45) is 1.81. The van der Waals surface area contributed by atoms with Crippen LogP contribution in [0.4, 0.5) is 5.69 Å². The van der Waals surface area contributed by atoms with Crippen molar-refractivity contribution in [1.29, 1.82) is 0 Å². The Morgan fingerprint density at radius 2 is 1.65 bits per heavy atom. The predicted molar refractivity (Wildman–Crippen MR) is 148 cm³/mol. The summed E-state index contributed by atoms with van der Waals surface area (Å²) in [4.78, 5) is 30.1. The first-order valence-electron chi connectivity index (χ1n) is 12.7. The number of nitrogens with zero attached hydrogens (tertiary/aromatic N) is 2. The quantitative estimate of drug-likeness (QED) is 0.221. The minimum absolute atomic E-state index is 0.0600. The van der Waals surface area contributed by atoms with E-state index >= 15 is 0 Å². The lowest BCUT2D eigenvalue weighted by atomic mass is 9.85. The van der Waals surface area contributed by atoms with E-state index < -0.39 is 33.7 Å². The SMILES string of the molecule is O=C(NO)[C@H]1CN(S(=O)(=O)c2ccccc2)CC[C@@H]1C(=O)Nc1ccc(COc2ccnc3ccccc23)cc1. The molecule has 1 aliphatic heterocycles. The first-order valence-corrected chi connectivity index (χ1v) is 14.2. The minimum Gasteiger partial charge on any atom is -0.488 e. The van der Waals surface area contributed by atoms with E-state index in [1.54, 1.807) is 42.0 Å². The number of piperidine rings is 1. The molecule has 3 aromatic carbocycles. The van der Waals surface area contributed by atoms with Crippen molar-refractivity contribution in [3.05, 3.63) is 96.7 Å². The molecule has 0 unspecified atom stereocenters. The zero-order chi connectivity index (χ0) is 28.1.